The Bertz CT molecular complexity index is 549. The highest BCUT2D eigenvalue weighted by atomic mass is 32.2. The maximum Gasteiger partial charge on any atom is 0.168 e. The average Bonchev–Trinajstić information content (AvgIpc) is 2.30. The van der Waals surface area contributed by atoms with Crippen LogP contribution in [0.2, 0.25) is 0 Å². The van der Waals surface area contributed by atoms with Crippen molar-refractivity contribution in [2.45, 2.75) is 4.90 Å². The highest BCUT2D eigenvalue weighted by molar-refractivity contribution is 7.72. The molecule has 0 unspecified atom stereocenters. The van der Waals surface area contributed by atoms with Crippen LogP contribution in [0.3, 0.4) is 0 Å². The molecule has 0 aliphatic heterocycles. The summed E-state index contributed by atoms with van der Waals surface area (Å²) in [6.45, 7) is 0. The SMILES string of the molecule is O=[SH](=O)c1c[c]c(-c2ccc(F)cc2)cc1. The van der Waals surface area contributed by atoms with Gasteiger partial charge in [-0.3, -0.25) is 0 Å². The molecule has 2 nitrogen and oxygen atoms in total. The van der Waals surface area contributed by atoms with Crippen molar-refractivity contribution in [3.05, 3.63) is 54.3 Å². The van der Waals surface area contributed by atoms with E-state index in [0.29, 0.717) is 0 Å². The summed E-state index contributed by atoms with van der Waals surface area (Å²) in [6.07, 6.45) is 0. The maximum atomic E-state index is 12.7. The largest absolute Gasteiger partial charge is 0.227 e. The molecule has 0 aromatic heterocycles. The van der Waals surface area contributed by atoms with Gasteiger partial charge in [0, 0.05) is 0 Å². The second kappa shape index (κ2) is 4.45. The molecule has 2 rings (SSSR count). The molecule has 0 saturated heterocycles. The number of hydrogen-bond acceptors (Lipinski definition) is 2. The molecule has 0 amide bonds. The molecular formula is C12H8FO2S. The van der Waals surface area contributed by atoms with Gasteiger partial charge in [0.2, 0.25) is 0 Å². The third-order valence-corrected chi connectivity index (χ3v) is 2.86. The van der Waals surface area contributed by atoms with Gasteiger partial charge in [0.1, 0.15) is 5.82 Å². The molecule has 0 fully saturated rings. The van der Waals surface area contributed by atoms with E-state index in [1.165, 1.54) is 24.3 Å². The highest BCUT2D eigenvalue weighted by Crippen LogP contribution is 2.19. The Labute approximate surface area is 94.3 Å². The number of benzene rings is 2. The number of thiol groups is 1. The minimum absolute atomic E-state index is 0.223. The van der Waals surface area contributed by atoms with Gasteiger partial charge >= 0.3 is 0 Å². The molecule has 0 bridgehead atoms. The molecule has 2 aromatic rings. The van der Waals surface area contributed by atoms with Crippen LogP contribution >= 0.6 is 0 Å². The van der Waals surface area contributed by atoms with E-state index in [0.717, 1.165) is 11.1 Å². The summed E-state index contributed by atoms with van der Waals surface area (Å²) in [4.78, 5) is 0.223. The van der Waals surface area contributed by atoms with Crippen LogP contribution in [0, 0.1) is 11.9 Å². The Hall–Kier alpha value is -1.68. The molecule has 1 radical (unpaired) electrons. The molecule has 16 heavy (non-hydrogen) atoms. The normalized spacial score (nSPS) is 10.6. The number of rotatable bonds is 2. The zero-order valence-electron chi connectivity index (χ0n) is 8.18. The van der Waals surface area contributed by atoms with Crippen molar-refractivity contribution in [3.63, 3.8) is 0 Å². The van der Waals surface area contributed by atoms with Crippen LogP contribution in [0.1, 0.15) is 0 Å². The first-order valence-electron chi connectivity index (χ1n) is 4.59. The van der Waals surface area contributed by atoms with Gasteiger partial charge in [0.15, 0.2) is 10.7 Å². The summed E-state index contributed by atoms with van der Waals surface area (Å²) < 4.78 is 34.0. The van der Waals surface area contributed by atoms with E-state index in [-0.39, 0.29) is 10.7 Å². The molecule has 0 heterocycles. The minimum atomic E-state index is -2.57. The predicted octanol–water partition coefficient (Wildman–Crippen LogP) is 2.26. The van der Waals surface area contributed by atoms with E-state index >= 15 is 0 Å². The van der Waals surface area contributed by atoms with Gasteiger partial charge in [-0.25, -0.2) is 12.8 Å². The summed E-state index contributed by atoms with van der Waals surface area (Å²) in [5.41, 5.74) is 1.54. The van der Waals surface area contributed by atoms with E-state index in [2.05, 4.69) is 6.07 Å². The maximum absolute atomic E-state index is 12.7. The van der Waals surface area contributed by atoms with Crippen LogP contribution in [-0.4, -0.2) is 8.42 Å². The lowest BCUT2D eigenvalue weighted by Crippen LogP contribution is -1.82. The fourth-order valence-electron chi connectivity index (χ4n) is 1.34. The standard InChI is InChI=1S/C12H8FO2S/c13-11-5-1-9(2-6-11)10-3-7-12(8-4-10)16(14)15/h1-3,5-8,16H. The van der Waals surface area contributed by atoms with Crippen LogP contribution < -0.4 is 0 Å². The number of hydrogen-bond donors (Lipinski definition) is 1. The van der Waals surface area contributed by atoms with Gasteiger partial charge < -0.3 is 0 Å². The first kappa shape index (κ1) is 10.8. The molecule has 0 aliphatic carbocycles. The van der Waals surface area contributed by atoms with Gasteiger partial charge in [-0.1, -0.05) is 18.2 Å². The fraction of sp³-hybridized carbons (Fsp3) is 0. The van der Waals surface area contributed by atoms with Crippen molar-refractivity contribution in [2.24, 2.45) is 0 Å². The second-order valence-electron chi connectivity index (χ2n) is 3.22. The Kier molecular flexibility index (Phi) is 3.01. The molecule has 0 saturated carbocycles. The zero-order chi connectivity index (χ0) is 11.5. The van der Waals surface area contributed by atoms with Crippen LogP contribution in [0.15, 0.2) is 47.4 Å². The monoisotopic (exact) mass is 235 g/mol. The van der Waals surface area contributed by atoms with E-state index in [9.17, 15) is 12.8 Å². The van der Waals surface area contributed by atoms with Crippen LogP contribution in [0.25, 0.3) is 11.1 Å². The molecular weight excluding hydrogens is 227 g/mol. The van der Waals surface area contributed by atoms with Gasteiger partial charge in [-0.15, -0.1) is 0 Å². The molecule has 81 valence electrons. The fourth-order valence-corrected chi connectivity index (χ4v) is 1.71. The average molecular weight is 235 g/mol. The Morgan fingerprint density at radius 2 is 1.69 bits per heavy atom. The predicted molar refractivity (Wildman–Crippen MR) is 59.3 cm³/mol. The minimum Gasteiger partial charge on any atom is -0.227 e. The number of halogens is 1. The van der Waals surface area contributed by atoms with Crippen molar-refractivity contribution in [1.29, 1.82) is 0 Å². The van der Waals surface area contributed by atoms with Crippen molar-refractivity contribution >= 4 is 10.7 Å². The smallest absolute Gasteiger partial charge is 0.168 e. The Morgan fingerprint density at radius 1 is 1.00 bits per heavy atom. The highest BCUT2D eigenvalue weighted by Gasteiger charge is 1.99. The van der Waals surface area contributed by atoms with E-state index in [1.54, 1.807) is 18.2 Å². The molecule has 4 heteroatoms. The van der Waals surface area contributed by atoms with Crippen molar-refractivity contribution < 1.29 is 12.8 Å². The lowest BCUT2D eigenvalue weighted by atomic mass is 10.1. The van der Waals surface area contributed by atoms with Crippen molar-refractivity contribution in [1.82, 2.24) is 0 Å². The van der Waals surface area contributed by atoms with Gasteiger partial charge in [0.05, 0.1) is 4.90 Å². The summed E-state index contributed by atoms with van der Waals surface area (Å²) in [6, 6.07) is 13.4. The molecule has 0 atom stereocenters. The van der Waals surface area contributed by atoms with Gasteiger partial charge in [-0.05, 0) is 41.5 Å². The lowest BCUT2D eigenvalue weighted by Gasteiger charge is -2.00. The molecule has 0 N–H and O–H groups in total. The second-order valence-corrected chi connectivity index (χ2v) is 4.26. The third-order valence-electron chi connectivity index (χ3n) is 2.16. The van der Waals surface area contributed by atoms with Crippen molar-refractivity contribution in [3.8, 4) is 11.1 Å². The van der Waals surface area contributed by atoms with E-state index < -0.39 is 10.7 Å². The lowest BCUT2D eigenvalue weighted by molar-refractivity contribution is 0.614. The van der Waals surface area contributed by atoms with Crippen LogP contribution in [0.4, 0.5) is 4.39 Å². The van der Waals surface area contributed by atoms with E-state index in [4.69, 9.17) is 0 Å². The van der Waals surface area contributed by atoms with Gasteiger partial charge in [-0.2, -0.15) is 0 Å². The summed E-state index contributed by atoms with van der Waals surface area (Å²) in [7, 11) is -2.57. The first-order valence-corrected chi connectivity index (χ1v) is 5.76. The topological polar surface area (TPSA) is 34.1 Å². The Morgan fingerprint density at radius 3 is 2.19 bits per heavy atom. The van der Waals surface area contributed by atoms with Gasteiger partial charge in [0.25, 0.3) is 0 Å². The summed E-state index contributed by atoms with van der Waals surface area (Å²) >= 11 is 0. The Balaban J connectivity index is 2.38. The molecule has 2 aromatic carbocycles. The zero-order valence-corrected chi connectivity index (χ0v) is 9.08. The first-order chi connectivity index (χ1) is 7.66. The third kappa shape index (κ3) is 2.28. The van der Waals surface area contributed by atoms with E-state index in [1.807, 2.05) is 0 Å². The molecule has 0 aliphatic rings. The summed E-state index contributed by atoms with van der Waals surface area (Å²) in [5, 5.41) is 0. The quantitative estimate of drug-likeness (QED) is 0.810. The molecule has 0 spiro atoms. The van der Waals surface area contributed by atoms with Crippen LogP contribution in [0.5, 0.6) is 0 Å². The summed E-state index contributed by atoms with van der Waals surface area (Å²) in [5.74, 6) is -0.303. The van der Waals surface area contributed by atoms with Crippen molar-refractivity contribution in [2.75, 3.05) is 0 Å². The van der Waals surface area contributed by atoms with Crippen LogP contribution in [-0.2, 0) is 10.7 Å².